The lowest BCUT2D eigenvalue weighted by Gasteiger charge is -2.14. The van der Waals surface area contributed by atoms with Crippen molar-refractivity contribution in [3.63, 3.8) is 0 Å². The van der Waals surface area contributed by atoms with Crippen molar-refractivity contribution in [2.45, 2.75) is 6.54 Å². The molecule has 0 radical (unpaired) electrons. The van der Waals surface area contributed by atoms with Crippen LogP contribution in [0.4, 0.5) is 0 Å². The summed E-state index contributed by atoms with van der Waals surface area (Å²) < 4.78 is 5.37. The Labute approximate surface area is 109 Å². The molecule has 0 fully saturated rings. The van der Waals surface area contributed by atoms with Crippen LogP contribution < -0.4 is 0 Å². The molecule has 0 saturated carbocycles. The van der Waals surface area contributed by atoms with E-state index >= 15 is 0 Å². The summed E-state index contributed by atoms with van der Waals surface area (Å²) in [6.07, 6.45) is 2.91. The highest BCUT2D eigenvalue weighted by Gasteiger charge is 2.18. The lowest BCUT2D eigenvalue weighted by molar-refractivity contribution is 0.0782. The summed E-state index contributed by atoms with van der Waals surface area (Å²) in [5.41, 5.74) is 1.26. The zero-order valence-corrected chi connectivity index (χ0v) is 10.3. The number of hydrogen-bond donors (Lipinski definition) is 1. The van der Waals surface area contributed by atoms with Gasteiger partial charge in [0.1, 0.15) is 24.0 Å². The van der Waals surface area contributed by atoms with E-state index in [0.29, 0.717) is 23.5 Å². The van der Waals surface area contributed by atoms with Gasteiger partial charge in [-0.25, -0.2) is 4.98 Å². The van der Waals surface area contributed by atoms with Gasteiger partial charge in [0.25, 0.3) is 5.91 Å². The second kappa shape index (κ2) is 4.56. The summed E-state index contributed by atoms with van der Waals surface area (Å²) in [5.74, 6) is 0.532. The van der Waals surface area contributed by atoms with Crippen molar-refractivity contribution in [1.29, 1.82) is 0 Å². The Bertz CT molecular complexity index is 702. The number of rotatable bonds is 3. The highest BCUT2D eigenvalue weighted by atomic mass is 16.3. The Morgan fingerprint density at radius 1 is 1.42 bits per heavy atom. The molecule has 1 aromatic carbocycles. The molecular weight excluding hydrogens is 244 g/mol. The molecule has 0 aliphatic heterocycles. The average Bonchev–Trinajstić information content (AvgIpc) is 3.06. The van der Waals surface area contributed by atoms with Crippen LogP contribution in [-0.4, -0.2) is 33.0 Å². The molecule has 3 aromatic rings. The van der Waals surface area contributed by atoms with Gasteiger partial charge < -0.3 is 9.32 Å². The van der Waals surface area contributed by atoms with Crippen LogP contribution in [0.25, 0.3) is 11.0 Å². The molecule has 0 aliphatic carbocycles. The monoisotopic (exact) mass is 256 g/mol. The van der Waals surface area contributed by atoms with Gasteiger partial charge in [-0.15, -0.1) is 0 Å². The lowest BCUT2D eigenvalue weighted by atomic mass is 10.1. The molecule has 0 saturated heterocycles. The maximum absolute atomic E-state index is 12.3. The summed E-state index contributed by atoms with van der Waals surface area (Å²) in [5, 5.41) is 7.30. The number of aromatic nitrogens is 3. The Kier molecular flexibility index (Phi) is 2.75. The maximum atomic E-state index is 12.3. The van der Waals surface area contributed by atoms with Crippen LogP contribution in [0.2, 0.25) is 0 Å². The first-order chi connectivity index (χ1) is 9.25. The fourth-order valence-electron chi connectivity index (χ4n) is 1.95. The number of hydrogen-bond acceptors (Lipinski definition) is 4. The van der Waals surface area contributed by atoms with Gasteiger partial charge in [0.2, 0.25) is 0 Å². The van der Waals surface area contributed by atoms with Crippen molar-refractivity contribution < 1.29 is 9.21 Å². The first-order valence-electron chi connectivity index (χ1n) is 5.81. The molecule has 19 heavy (non-hydrogen) atoms. The van der Waals surface area contributed by atoms with E-state index in [4.69, 9.17) is 4.42 Å². The van der Waals surface area contributed by atoms with Crippen molar-refractivity contribution >= 4 is 16.9 Å². The Morgan fingerprint density at radius 3 is 3.05 bits per heavy atom. The number of nitrogens with one attached hydrogen (secondary N) is 1. The highest BCUT2D eigenvalue weighted by Crippen LogP contribution is 2.22. The van der Waals surface area contributed by atoms with E-state index < -0.39 is 0 Å². The predicted octanol–water partition coefficient (Wildman–Crippen LogP) is 1.82. The normalized spacial score (nSPS) is 10.8. The number of fused-ring (bicyclic) bond motifs is 1. The number of carbonyl (C=O) groups excluding carboxylic acids is 1. The van der Waals surface area contributed by atoms with Crippen molar-refractivity contribution in [2.75, 3.05) is 7.05 Å². The molecule has 6 heteroatoms. The minimum absolute atomic E-state index is 0.110. The molecule has 1 amide bonds. The molecule has 6 nitrogen and oxygen atoms in total. The minimum Gasteiger partial charge on any atom is -0.463 e. The summed E-state index contributed by atoms with van der Waals surface area (Å²) in [4.78, 5) is 17.9. The van der Waals surface area contributed by atoms with Crippen molar-refractivity contribution in [2.24, 2.45) is 0 Å². The maximum Gasteiger partial charge on any atom is 0.257 e. The van der Waals surface area contributed by atoms with E-state index in [1.165, 1.54) is 12.6 Å². The zero-order valence-electron chi connectivity index (χ0n) is 10.3. The topological polar surface area (TPSA) is 75.0 Å². The molecule has 0 bridgehead atoms. The first-order valence-corrected chi connectivity index (χ1v) is 5.81. The van der Waals surface area contributed by atoms with Crippen LogP contribution in [-0.2, 0) is 6.54 Å². The zero-order chi connectivity index (χ0) is 13.2. The van der Waals surface area contributed by atoms with Gasteiger partial charge in [-0.1, -0.05) is 18.2 Å². The number of aromatic amines is 1. The largest absolute Gasteiger partial charge is 0.463 e. The number of H-pyrrole nitrogens is 1. The molecule has 0 spiro atoms. The molecule has 96 valence electrons. The van der Waals surface area contributed by atoms with Crippen LogP contribution in [0.1, 0.15) is 16.2 Å². The molecule has 1 N–H and O–H groups in total. The second-order valence-corrected chi connectivity index (χ2v) is 4.24. The van der Waals surface area contributed by atoms with E-state index in [1.807, 2.05) is 24.3 Å². The number of amides is 1. The summed E-state index contributed by atoms with van der Waals surface area (Å²) in [6, 6.07) is 7.46. The van der Waals surface area contributed by atoms with Crippen LogP contribution in [0, 0.1) is 0 Å². The summed E-state index contributed by atoms with van der Waals surface area (Å²) in [6.45, 7) is 0.373. The molecule has 2 heterocycles. The van der Waals surface area contributed by atoms with Gasteiger partial charge in [-0.3, -0.25) is 9.89 Å². The predicted molar refractivity (Wildman–Crippen MR) is 68.4 cm³/mol. The lowest BCUT2D eigenvalue weighted by Crippen LogP contribution is -2.26. The molecule has 0 unspecified atom stereocenters. The van der Waals surface area contributed by atoms with Crippen LogP contribution >= 0.6 is 0 Å². The average molecular weight is 256 g/mol. The van der Waals surface area contributed by atoms with Gasteiger partial charge in [0, 0.05) is 12.4 Å². The van der Waals surface area contributed by atoms with Gasteiger partial charge in [0.15, 0.2) is 0 Å². The van der Waals surface area contributed by atoms with E-state index in [1.54, 1.807) is 11.9 Å². The number of para-hydroxylation sites is 1. The number of benzene rings is 1. The van der Waals surface area contributed by atoms with Gasteiger partial charge in [0.05, 0.1) is 12.1 Å². The van der Waals surface area contributed by atoms with Crippen molar-refractivity contribution in [3.05, 3.63) is 48.2 Å². The number of carbonyl (C=O) groups is 1. The molecule has 0 atom stereocenters. The fourth-order valence-corrected chi connectivity index (χ4v) is 1.95. The molecule has 3 rings (SSSR count). The summed E-state index contributed by atoms with van der Waals surface area (Å²) >= 11 is 0. The SMILES string of the molecule is CN(Cc1ncn[nH]1)C(=O)c1coc2ccccc12. The van der Waals surface area contributed by atoms with Crippen LogP contribution in [0.15, 0.2) is 41.3 Å². The number of nitrogens with zero attached hydrogens (tertiary/aromatic N) is 3. The quantitative estimate of drug-likeness (QED) is 0.775. The first kappa shape index (κ1) is 11.5. The van der Waals surface area contributed by atoms with E-state index in [0.717, 1.165) is 5.39 Å². The Balaban J connectivity index is 1.87. The van der Waals surface area contributed by atoms with Crippen LogP contribution in [0.5, 0.6) is 0 Å². The fraction of sp³-hybridized carbons (Fsp3) is 0.154. The minimum atomic E-state index is -0.110. The molecule has 2 aromatic heterocycles. The van der Waals surface area contributed by atoms with Crippen LogP contribution in [0.3, 0.4) is 0 Å². The number of furan rings is 1. The standard InChI is InChI=1S/C13H12N4O2/c1-17(6-12-14-8-15-16-12)13(18)10-7-19-11-5-3-2-4-9(10)11/h2-5,7-8H,6H2,1H3,(H,14,15,16). The van der Waals surface area contributed by atoms with Gasteiger partial charge >= 0.3 is 0 Å². The Morgan fingerprint density at radius 2 is 2.26 bits per heavy atom. The Hall–Kier alpha value is -2.63. The summed E-state index contributed by atoms with van der Waals surface area (Å²) in [7, 11) is 1.71. The van der Waals surface area contributed by atoms with Gasteiger partial charge in [-0.2, -0.15) is 5.10 Å². The van der Waals surface area contributed by atoms with Crippen molar-refractivity contribution in [1.82, 2.24) is 20.1 Å². The molecular formula is C13H12N4O2. The third-order valence-corrected chi connectivity index (χ3v) is 2.91. The third-order valence-electron chi connectivity index (χ3n) is 2.91. The highest BCUT2D eigenvalue weighted by molar-refractivity contribution is 6.05. The second-order valence-electron chi connectivity index (χ2n) is 4.24. The smallest absolute Gasteiger partial charge is 0.257 e. The third kappa shape index (κ3) is 2.08. The van der Waals surface area contributed by atoms with Crippen molar-refractivity contribution in [3.8, 4) is 0 Å². The van der Waals surface area contributed by atoms with Gasteiger partial charge in [-0.05, 0) is 6.07 Å². The van der Waals surface area contributed by atoms with E-state index in [9.17, 15) is 4.79 Å². The van der Waals surface area contributed by atoms with E-state index in [-0.39, 0.29) is 5.91 Å². The molecule has 0 aliphatic rings. The van der Waals surface area contributed by atoms with E-state index in [2.05, 4.69) is 15.2 Å².